The molecule has 124 valence electrons. The van der Waals surface area contributed by atoms with Crippen LogP contribution in [0.4, 0.5) is 0 Å². The number of carbonyl (C=O) groups excluding carboxylic acids is 1. The Balaban J connectivity index is 2.38. The molecule has 0 radical (unpaired) electrons. The standard InChI is InChI=1S/C17H15NO5S/c1-2-23-17(20)15-16(19)13-10-6-7-11-14(13)18(15)24(21,22)12-8-4-3-5-9-12/h3-11,19H,2H2,1H3. The summed E-state index contributed by atoms with van der Waals surface area (Å²) in [7, 11) is -4.08. The molecule has 0 aliphatic heterocycles. The summed E-state index contributed by atoms with van der Waals surface area (Å²) in [6, 6.07) is 14.1. The maximum Gasteiger partial charge on any atom is 0.359 e. The lowest BCUT2D eigenvalue weighted by atomic mass is 10.2. The van der Waals surface area contributed by atoms with Gasteiger partial charge in [0.1, 0.15) is 0 Å². The molecule has 0 unspecified atom stereocenters. The fraction of sp³-hybridized carbons (Fsp3) is 0.118. The van der Waals surface area contributed by atoms with Gasteiger partial charge in [-0.15, -0.1) is 0 Å². The molecule has 0 saturated carbocycles. The smallest absolute Gasteiger partial charge is 0.359 e. The Hall–Kier alpha value is -2.80. The van der Waals surface area contributed by atoms with Crippen LogP contribution in [0.2, 0.25) is 0 Å². The number of esters is 1. The van der Waals surface area contributed by atoms with Gasteiger partial charge in [-0.3, -0.25) is 0 Å². The zero-order valence-electron chi connectivity index (χ0n) is 12.8. The van der Waals surface area contributed by atoms with Crippen molar-refractivity contribution in [3.63, 3.8) is 0 Å². The minimum absolute atomic E-state index is 0.0105. The number of hydrogen-bond acceptors (Lipinski definition) is 5. The van der Waals surface area contributed by atoms with E-state index in [0.717, 1.165) is 3.97 Å². The Morgan fingerprint density at radius 2 is 1.71 bits per heavy atom. The van der Waals surface area contributed by atoms with Crippen molar-refractivity contribution >= 4 is 26.9 Å². The molecule has 0 fully saturated rings. The molecule has 0 aliphatic rings. The van der Waals surface area contributed by atoms with Crippen LogP contribution in [0.5, 0.6) is 5.75 Å². The van der Waals surface area contributed by atoms with Crippen molar-refractivity contribution in [1.29, 1.82) is 0 Å². The van der Waals surface area contributed by atoms with Crippen LogP contribution < -0.4 is 0 Å². The third-order valence-corrected chi connectivity index (χ3v) is 5.28. The number of aromatic nitrogens is 1. The van der Waals surface area contributed by atoms with Gasteiger partial charge in [-0.1, -0.05) is 30.3 Å². The third-order valence-electron chi connectivity index (χ3n) is 3.56. The van der Waals surface area contributed by atoms with E-state index in [9.17, 15) is 18.3 Å². The molecule has 1 N–H and O–H groups in total. The topological polar surface area (TPSA) is 85.6 Å². The molecule has 7 heteroatoms. The van der Waals surface area contributed by atoms with Crippen LogP contribution in [0.15, 0.2) is 59.5 Å². The van der Waals surface area contributed by atoms with Crippen LogP contribution in [0, 0.1) is 0 Å². The average Bonchev–Trinajstić information content (AvgIpc) is 2.90. The Morgan fingerprint density at radius 1 is 1.08 bits per heavy atom. The lowest BCUT2D eigenvalue weighted by molar-refractivity contribution is 0.0515. The molecule has 0 amide bonds. The molecule has 6 nitrogen and oxygen atoms in total. The largest absolute Gasteiger partial charge is 0.505 e. The number of rotatable bonds is 4. The molecule has 0 aliphatic carbocycles. The second-order valence-electron chi connectivity index (χ2n) is 5.02. The molecular formula is C17H15NO5S. The van der Waals surface area contributed by atoms with Gasteiger partial charge in [0.05, 0.1) is 17.0 Å². The van der Waals surface area contributed by atoms with Crippen molar-refractivity contribution in [2.75, 3.05) is 6.61 Å². The first-order valence-corrected chi connectivity index (χ1v) is 8.72. The number of carbonyl (C=O) groups is 1. The minimum Gasteiger partial charge on any atom is -0.505 e. The van der Waals surface area contributed by atoms with Gasteiger partial charge in [0.15, 0.2) is 11.4 Å². The van der Waals surface area contributed by atoms with Gasteiger partial charge in [-0.25, -0.2) is 17.2 Å². The molecule has 0 spiro atoms. The first kappa shape index (κ1) is 16.1. The zero-order valence-corrected chi connectivity index (χ0v) is 13.7. The summed E-state index contributed by atoms with van der Waals surface area (Å²) in [4.78, 5) is 12.3. The molecule has 0 bridgehead atoms. The second kappa shape index (κ2) is 6.01. The summed E-state index contributed by atoms with van der Waals surface area (Å²) in [6.45, 7) is 1.67. The highest BCUT2D eigenvalue weighted by atomic mass is 32.2. The number of benzene rings is 2. The Labute approximate surface area is 139 Å². The minimum atomic E-state index is -4.08. The highest BCUT2D eigenvalue weighted by molar-refractivity contribution is 7.90. The Morgan fingerprint density at radius 3 is 2.38 bits per heavy atom. The van der Waals surface area contributed by atoms with E-state index in [1.54, 1.807) is 43.3 Å². The SMILES string of the molecule is CCOC(=O)c1c(O)c2ccccc2n1S(=O)(=O)c1ccccc1. The monoisotopic (exact) mass is 345 g/mol. The van der Waals surface area contributed by atoms with E-state index in [1.165, 1.54) is 18.2 Å². The van der Waals surface area contributed by atoms with Crippen LogP contribution in [0.3, 0.4) is 0 Å². The number of aromatic hydroxyl groups is 1. The normalized spacial score (nSPS) is 11.5. The van der Waals surface area contributed by atoms with Crippen molar-refractivity contribution in [2.45, 2.75) is 11.8 Å². The van der Waals surface area contributed by atoms with Crippen molar-refractivity contribution in [3.8, 4) is 5.75 Å². The van der Waals surface area contributed by atoms with Gasteiger partial charge in [-0.2, -0.15) is 0 Å². The molecule has 0 atom stereocenters. The molecule has 1 aromatic heterocycles. The molecule has 0 saturated heterocycles. The van der Waals surface area contributed by atoms with Gasteiger partial charge in [0.2, 0.25) is 0 Å². The summed E-state index contributed by atoms with van der Waals surface area (Å²) in [5.74, 6) is -1.31. The summed E-state index contributed by atoms with van der Waals surface area (Å²) < 4.78 is 31.8. The van der Waals surface area contributed by atoms with Gasteiger partial charge in [-0.05, 0) is 31.2 Å². The van der Waals surface area contributed by atoms with Crippen molar-refractivity contribution in [3.05, 3.63) is 60.3 Å². The first-order valence-electron chi connectivity index (χ1n) is 7.28. The van der Waals surface area contributed by atoms with Crippen LogP contribution in [-0.4, -0.2) is 30.1 Å². The summed E-state index contributed by atoms with van der Waals surface area (Å²) in [5, 5.41) is 10.7. The zero-order chi connectivity index (χ0) is 17.3. The van der Waals surface area contributed by atoms with Crippen molar-refractivity contribution < 1.29 is 23.1 Å². The molecule has 2 aromatic carbocycles. The van der Waals surface area contributed by atoms with Gasteiger partial charge >= 0.3 is 5.97 Å². The van der Waals surface area contributed by atoms with Crippen LogP contribution in [-0.2, 0) is 14.8 Å². The number of fused-ring (bicyclic) bond motifs is 1. The maximum absolute atomic E-state index is 13.0. The van der Waals surface area contributed by atoms with Crippen LogP contribution >= 0.6 is 0 Å². The lowest BCUT2D eigenvalue weighted by Gasteiger charge is -2.11. The Kier molecular flexibility index (Phi) is 4.02. The number of hydrogen-bond donors (Lipinski definition) is 1. The molecule has 3 aromatic rings. The van der Waals surface area contributed by atoms with Gasteiger partial charge in [0, 0.05) is 5.39 Å². The second-order valence-corrected chi connectivity index (χ2v) is 6.80. The first-order chi connectivity index (χ1) is 11.5. The van der Waals surface area contributed by atoms with E-state index in [-0.39, 0.29) is 22.4 Å². The van der Waals surface area contributed by atoms with Crippen molar-refractivity contribution in [1.82, 2.24) is 3.97 Å². The summed E-state index contributed by atoms with van der Waals surface area (Å²) in [5.41, 5.74) is -0.191. The van der Waals surface area contributed by atoms with Gasteiger partial charge in [0.25, 0.3) is 10.0 Å². The van der Waals surface area contributed by atoms with E-state index in [4.69, 9.17) is 4.74 Å². The van der Waals surface area contributed by atoms with E-state index in [1.807, 2.05) is 0 Å². The maximum atomic E-state index is 13.0. The number of nitrogens with zero attached hydrogens (tertiary/aromatic N) is 1. The van der Waals surface area contributed by atoms with E-state index < -0.39 is 27.4 Å². The van der Waals surface area contributed by atoms with E-state index in [0.29, 0.717) is 0 Å². The predicted octanol–water partition coefficient (Wildman–Crippen LogP) is 2.76. The molecule has 24 heavy (non-hydrogen) atoms. The Bertz CT molecular complexity index is 1010. The van der Waals surface area contributed by atoms with Gasteiger partial charge < -0.3 is 9.84 Å². The number of ether oxygens (including phenoxy) is 1. The summed E-state index contributed by atoms with van der Waals surface area (Å²) in [6.07, 6.45) is 0. The van der Waals surface area contributed by atoms with E-state index in [2.05, 4.69) is 0 Å². The third kappa shape index (κ3) is 2.43. The fourth-order valence-corrected chi connectivity index (χ4v) is 4.05. The van der Waals surface area contributed by atoms with Crippen LogP contribution in [0.1, 0.15) is 17.4 Å². The molecular weight excluding hydrogens is 330 g/mol. The highest BCUT2D eigenvalue weighted by Gasteiger charge is 2.31. The predicted molar refractivity (Wildman–Crippen MR) is 88.6 cm³/mol. The van der Waals surface area contributed by atoms with Crippen LogP contribution in [0.25, 0.3) is 10.9 Å². The average molecular weight is 345 g/mol. The lowest BCUT2D eigenvalue weighted by Crippen LogP contribution is -2.20. The fourth-order valence-electron chi connectivity index (χ4n) is 2.52. The molecule has 3 rings (SSSR count). The van der Waals surface area contributed by atoms with E-state index >= 15 is 0 Å². The highest BCUT2D eigenvalue weighted by Crippen LogP contribution is 2.35. The van der Waals surface area contributed by atoms with Crippen molar-refractivity contribution in [2.24, 2.45) is 0 Å². The molecule has 1 heterocycles. The number of para-hydroxylation sites is 1. The quantitative estimate of drug-likeness (QED) is 0.735. The summed E-state index contributed by atoms with van der Waals surface area (Å²) >= 11 is 0.